The van der Waals surface area contributed by atoms with Crippen LogP contribution in [-0.2, 0) is 65.1 Å². The highest BCUT2D eigenvalue weighted by Gasteiger charge is 2.31. The molecule has 6 aliphatic heterocycles. The summed E-state index contributed by atoms with van der Waals surface area (Å²) in [5.74, 6) is 1.44. The van der Waals surface area contributed by atoms with Gasteiger partial charge in [0.1, 0.15) is 21.4 Å². The van der Waals surface area contributed by atoms with Gasteiger partial charge in [0.15, 0.2) is 5.65 Å². The number of pyridine rings is 5. The van der Waals surface area contributed by atoms with Crippen molar-refractivity contribution in [1.29, 1.82) is 0 Å². The van der Waals surface area contributed by atoms with Crippen LogP contribution in [0.5, 0.6) is 0 Å². The molecule has 101 heavy (non-hydrogen) atoms. The number of benzene rings is 1. The summed E-state index contributed by atoms with van der Waals surface area (Å²) in [6, 6.07) is 22.7. The Morgan fingerprint density at radius 1 is 0.584 bits per heavy atom. The minimum atomic E-state index is -3.89. The molecular weight excluding hydrogens is 1360 g/mol. The van der Waals surface area contributed by atoms with Crippen molar-refractivity contribution >= 4 is 123 Å². The number of fused-ring (bicyclic) bond motifs is 4. The molecule has 29 nitrogen and oxygen atoms in total. The Morgan fingerprint density at radius 2 is 1.10 bits per heavy atom. The quantitative estimate of drug-likeness (QED) is 0.0855. The van der Waals surface area contributed by atoms with E-state index in [1.54, 1.807) is 110 Å². The number of rotatable bonds is 12. The number of methoxy groups -OCH3 is 1. The lowest BCUT2D eigenvalue weighted by atomic mass is 10.00. The summed E-state index contributed by atoms with van der Waals surface area (Å²) in [4.78, 5) is 67.8. The van der Waals surface area contributed by atoms with Crippen LogP contribution in [0.4, 0.5) is 17.3 Å². The van der Waals surface area contributed by atoms with Crippen LogP contribution in [0.25, 0.3) is 49.8 Å². The maximum Gasteiger partial charge on any atom is 0.290 e. The van der Waals surface area contributed by atoms with Gasteiger partial charge < -0.3 is 55.0 Å². The van der Waals surface area contributed by atoms with Gasteiger partial charge in [-0.2, -0.15) is 0 Å². The number of carbonyl (C=O) groups excluding carboxylic acids is 1. The molecular formula is C69H78N14O15S3. The highest BCUT2D eigenvalue weighted by Crippen LogP contribution is 2.37. The standard InChI is InChI=1S/C23H24N4O3S.C22H25N5O3S.C21H23N5O3S.3CH2O2/c1-16(28)26-13-9-18-5-6-19(14-22(18)26)31(29,30)27-15-21(17-7-11-25(2)12-8-17)20-4-3-10-24-23(20)27;1-30-17-8-12-26(14-17)21-5-4-18(13-25-21)31(28,29)27-15-19(16-6-10-23-11-7-16)22-20(27)3-2-9-24-22;27-30(28,17-3-4-20(24-14-17)25-10-12-29-13-11-25)26-15-18(16-5-8-22-9-6-16)21-19(26)2-1-7-23-21;3*2-1-3/h3-7,10,14-15H,8-9,11-13H2,1-2H3;2-6,9,13,15,17,23H,7-8,10-12,14H2,1H3;1-5,7,14-15,22H,6,8-13H2;3*1H,(H,2,3). The Morgan fingerprint density at radius 3 is 1.59 bits per heavy atom. The molecule has 14 heterocycles. The number of nitrogens with one attached hydrogen (secondary N) is 2. The van der Waals surface area contributed by atoms with Crippen LogP contribution in [0.3, 0.4) is 0 Å². The molecule has 2 saturated heterocycles. The molecule has 0 spiro atoms. The number of amides is 1. The normalized spacial score (nSPS) is 17.0. The Kier molecular flexibility index (Phi) is 24.4. The number of carboxylic acid groups (broad SMARTS) is 3. The first-order valence-corrected chi connectivity index (χ1v) is 36.7. The van der Waals surface area contributed by atoms with E-state index in [1.165, 1.54) is 31.2 Å². The van der Waals surface area contributed by atoms with Crippen molar-refractivity contribution < 1.29 is 69.2 Å². The molecule has 532 valence electrons. The number of nitrogens with zero attached hydrogens (tertiary/aromatic N) is 12. The molecule has 0 saturated carbocycles. The molecule has 1 unspecified atom stereocenters. The maximum absolute atomic E-state index is 13.7. The van der Waals surface area contributed by atoms with Crippen molar-refractivity contribution in [3.63, 3.8) is 0 Å². The predicted molar refractivity (Wildman–Crippen MR) is 381 cm³/mol. The number of anilines is 3. The molecule has 32 heteroatoms. The first kappa shape index (κ1) is 73.7. The van der Waals surface area contributed by atoms with Crippen LogP contribution in [-0.4, -0.2) is 213 Å². The number of morpholine rings is 1. The fourth-order valence-corrected chi connectivity index (χ4v) is 16.6. The van der Waals surface area contributed by atoms with E-state index in [0.717, 1.165) is 154 Å². The lowest BCUT2D eigenvalue weighted by Gasteiger charge is -2.27. The van der Waals surface area contributed by atoms with E-state index in [2.05, 4.69) is 75.5 Å². The Labute approximate surface area is 583 Å². The summed E-state index contributed by atoms with van der Waals surface area (Å²) in [7, 11) is -7.72. The van der Waals surface area contributed by atoms with E-state index in [9.17, 15) is 30.0 Å². The first-order chi connectivity index (χ1) is 48.8. The van der Waals surface area contributed by atoms with Gasteiger partial charge in [-0.15, -0.1) is 0 Å². The van der Waals surface area contributed by atoms with Gasteiger partial charge in [0, 0.05) is 150 Å². The third kappa shape index (κ3) is 16.4. The summed E-state index contributed by atoms with van der Waals surface area (Å²) in [5, 5.41) is 28.1. The molecule has 1 aromatic carbocycles. The van der Waals surface area contributed by atoms with Gasteiger partial charge in [-0.05, 0) is 147 Å². The number of likely N-dealkylation sites (N-methyl/N-ethyl adjacent to an activating group) is 1. The molecule has 2 fully saturated rings. The predicted octanol–water partition coefficient (Wildman–Crippen LogP) is 6.16. The topological polar surface area (TPSA) is 366 Å². The fraction of sp³-hybridized carbons (Fsp3) is 0.319. The zero-order valence-corrected chi connectivity index (χ0v) is 58.2. The van der Waals surface area contributed by atoms with Crippen LogP contribution in [0.2, 0.25) is 0 Å². The van der Waals surface area contributed by atoms with Gasteiger partial charge in [-0.1, -0.05) is 24.3 Å². The molecule has 0 bridgehead atoms. The molecule has 0 aliphatic carbocycles. The number of hydrogen-bond acceptors (Lipinski definition) is 22. The van der Waals surface area contributed by atoms with Gasteiger partial charge in [0.2, 0.25) is 5.91 Å². The number of aromatic nitrogens is 8. The summed E-state index contributed by atoms with van der Waals surface area (Å²) in [5.41, 5.74) is 10.7. The van der Waals surface area contributed by atoms with E-state index in [-0.39, 0.29) is 46.1 Å². The van der Waals surface area contributed by atoms with Crippen LogP contribution >= 0.6 is 0 Å². The number of ether oxygens (including phenoxy) is 2. The third-order valence-corrected chi connectivity index (χ3v) is 22.7. The highest BCUT2D eigenvalue weighted by molar-refractivity contribution is 7.90. The van der Waals surface area contributed by atoms with Crippen LogP contribution < -0.4 is 25.3 Å². The monoisotopic (exact) mass is 1440 g/mol. The van der Waals surface area contributed by atoms with Crippen LogP contribution in [0.1, 0.15) is 54.9 Å². The van der Waals surface area contributed by atoms with Crippen LogP contribution in [0, 0.1) is 0 Å². The Balaban J connectivity index is 0.000000154. The van der Waals surface area contributed by atoms with E-state index in [4.69, 9.17) is 39.2 Å². The maximum atomic E-state index is 13.7. The third-order valence-electron chi connectivity index (χ3n) is 17.7. The van der Waals surface area contributed by atoms with E-state index in [1.807, 2.05) is 18.2 Å². The summed E-state index contributed by atoms with van der Waals surface area (Å²) < 4.78 is 96.0. The van der Waals surface area contributed by atoms with Crippen molar-refractivity contribution in [1.82, 2.24) is 52.4 Å². The minimum Gasteiger partial charge on any atom is -0.483 e. The van der Waals surface area contributed by atoms with Gasteiger partial charge in [-0.25, -0.2) is 52.1 Å². The van der Waals surface area contributed by atoms with Gasteiger partial charge in [0.05, 0.1) is 46.3 Å². The fourth-order valence-electron chi connectivity index (χ4n) is 12.7. The zero-order chi connectivity index (χ0) is 71.8. The lowest BCUT2D eigenvalue weighted by Crippen LogP contribution is -2.36. The number of hydrogen-bond donors (Lipinski definition) is 5. The summed E-state index contributed by atoms with van der Waals surface area (Å²) >= 11 is 0. The second kappa shape index (κ2) is 33.4. The highest BCUT2D eigenvalue weighted by atomic mass is 32.2. The molecule has 9 aromatic rings. The lowest BCUT2D eigenvalue weighted by molar-refractivity contribution is -0.123. The molecule has 0 radical (unpaired) electrons. The molecule has 5 N–H and O–H groups in total. The van der Waals surface area contributed by atoms with Crippen molar-refractivity contribution in [2.24, 2.45) is 0 Å². The second-order valence-electron chi connectivity index (χ2n) is 23.7. The smallest absolute Gasteiger partial charge is 0.290 e. The minimum absolute atomic E-state index is 0.0853. The molecule has 15 rings (SSSR count). The van der Waals surface area contributed by atoms with Crippen molar-refractivity contribution in [3.8, 4) is 0 Å². The summed E-state index contributed by atoms with van der Waals surface area (Å²) in [6.45, 7) is 10.8. The van der Waals surface area contributed by atoms with Crippen molar-refractivity contribution in [2.75, 3.05) is 114 Å². The van der Waals surface area contributed by atoms with Gasteiger partial charge in [0.25, 0.3) is 49.5 Å². The summed E-state index contributed by atoms with van der Waals surface area (Å²) in [6.07, 6.45) is 23.7. The molecule has 8 aromatic heterocycles. The van der Waals surface area contributed by atoms with Crippen LogP contribution in [0.15, 0.2) is 161 Å². The zero-order valence-electron chi connectivity index (χ0n) is 55.7. The SMILES string of the molecule is CC(=O)N1CCc2ccc(S(=O)(=O)n3cc(C4=CCN(C)CC4)c4cccnc43)cc21.COC1CCN(c2ccc(S(=O)(=O)n3cc(C4=CCNCC4)c4ncccc43)cn2)C1.O=CO.O=CO.O=CO.O=S(=O)(c1ccc(N2CCOCC2)nc1)n1cc(C2=CCNCC2)c2ncccc21. The Bertz CT molecular complexity index is 4880. The number of carbonyl (C=O) groups is 4. The average molecular weight is 1440 g/mol. The second-order valence-corrected chi connectivity index (χ2v) is 29.1. The molecule has 1 amide bonds. The van der Waals surface area contributed by atoms with Gasteiger partial charge >= 0.3 is 0 Å². The molecule has 6 aliphatic rings. The average Bonchev–Trinajstić information content (AvgIpc) is 1.63. The van der Waals surface area contributed by atoms with Crippen molar-refractivity contribution in [3.05, 3.63) is 169 Å². The molecule has 1 atom stereocenters. The first-order valence-electron chi connectivity index (χ1n) is 32.3. The van der Waals surface area contributed by atoms with E-state index < -0.39 is 30.1 Å². The Hall–Kier alpha value is -10.1. The van der Waals surface area contributed by atoms with E-state index >= 15 is 0 Å². The largest absolute Gasteiger partial charge is 0.483 e. The van der Waals surface area contributed by atoms with E-state index in [0.29, 0.717) is 53.2 Å². The van der Waals surface area contributed by atoms with Gasteiger partial charge in [-0.3, -0.25) is 29.1 Å². The van der Waals surface area contributed by atoms with Crippen molar-refractivity contribution in [2.45, 2.75) is 59.8 Å².